The van der Waals surface area contributed by atoms with E-state index in [0.717, 1.165) is 22.6 Å². The van der Waals surface area contributed by atoms with Crippen molar-refractivity contribution in [3.63, 3.8) is 0 Å². The van der Waals surface area contributed by atoms with Crippen LogP contribution < -0.4 is 9.21 Å². The lowest BCUT2D eigenvalue weighted by Gasteiger charge is -2.37. The second-order valence-electron chi connectivity index (χ2n) is 7.62. The van der Waals surface area contributed by atoms with Gasteiger partial charge in [-0.15, -0.1) is 11.3 Å². The first-order valence-electron chi connectivity index (χ1n) is 10.3. The third-order valence-corrected chi connectivity index (χ3v) is 8.86. The molecule has 0 unspecified atom stereocenters. The Kier molecular flexibility index (Phi) is 6.74. The Morgan fingerprint density at radius 2 is 1.66 bits per heavy atom. The van der Waals surface area contributed by atoms with E-state index in [1.165, 1.54) is 4.31 Å². The van der Waals surface area contributed by atoms with Gasteiger partial charge in [-0.05, 0) is 54.8 Å². The number of piperazine rings is 1. The number of carbonyl (C=O) groups excluding carboxylic acids is 1. The molecule has 3 aromatic rings. The zero-order chi connectivity index (χ0) is 22.7. The highest BCUT2D eigenvalue weighted by atomic mass is 35.5. The minimum Gasteiger partial charge on any atom is -0.368 e. The number of hydrogen-bond donors (Lipinski definition) is 0. The van der Waals surface area contributed by atoms with E-state index in [-0.39, 0.29) is 16.7 Å². The molecule has 0 saturated carbocycles. The highest BCUT2D eigenvalue weighted by Gasteiger charge is 2.30. The van der Waals surface area contributed by atoms with E-state index in [0.29, 0.717) is 36.9 Å². The standard InChI is InChI=1S/C23H24ClN3O3S2/c1-18-4-8-21(9-5-18)27(32(29,30)23-3-2-16-31-23)17-22(28)26-14-12-25(13-15-26)20-10-6-19(24)7-11-20/h2-11,16H,12-15,17H2,1H3. The predicted molar refractivity (Wildman–Crippen MR) is 130 cm³/mol. The van der Waals surface area contributed by atoms with Gasteiger partial charge in [0.25, 0.3) is 10.0 Å². The SMILES string of the molecule is Cc1ccc(N(CC(=O)N2CCN(c3ccc(Cl)cc3)CC2)S(=O)(=O)c2cccs2)cc1. The maximum Gasteiger partial charge on any atom is 0.274 e. The number of anilines is 2. The van der Waals surface area contributed by atoms with Crippen LogP contribution in [0.1, 0.15) is 5.56 Å². The van der Waals surface area contributed by atoms with Gasteiger partial charge in [0.1, 0.15) is 10.8 Å². The normalized spacial score (nSPS) is 14.4. The molecule has 1 aromatic heterocycles. The third-order valence-electron chi connectivity index (χ3n) is 5.46. The van der Waals surface area contributed by atoms with Crippen molar-refractivity contribution in [2.75, 3.05) is 41.9 Å². The molecule has 32 heavy (non-hydrogen) atoms. The molecule has 0 aliphatic carbocycles. The Bertz CT molecular complexity index is 1160. The van der Waals surface area contributed by atoms with Crippen molar-refractivity contribution in [1.29, 1.82) is 0 Å². The van der Waals surface area contributed by atoms with E-state index >= 15 is 0 Å². The summed E-state index contributed by atoms with van der Waals surface area (Å²) in [6.07, 6.45) is 0. The molecule has 0 radical (unpaired) electrons. The van der Waals surface area contributed by atoms with E-state index in [1.54, 1.807) is 34.5 Å². The van der Waals surface area contributed by atoms with Crippen molar-refractivity contribution in [1.82, 2.24) is 4.90 Å². The predicted octanol–water partition coefficient (Wildman–Crippen LogP) is 4.25. The number of rotatable bonds is 6. The molecular weight excluding hydrogens is 466 g/mol. The summed E-state index contributed by atoms with van der Waals surface area (Å²) >= 11 is 7.12. The van der Waals surface area contributed by atoms with Gasteiger partial charge in [-0.25, -0.2) is 8.42 Å². The summed E-state index contributed by atoms with van der Waals surface area (Å²) in [5.41, 5.74) is 2.56. The fourth-order valence-electron chi connectivity index (χ4n) is 3.63. The summed E-state index contributed by atoms with van der Waals surface area (Å²) < 4.78 is 28.1. The molecule has 0 bridgehead atoms. The van der Waals surface area contributed by atoms with E-state index in [4.69, 9.17) is 11.6 Å². The van der Waals surface area contributed by atoms with Crippen molar-refractivity contribution < 1.29 is 13.2 Å². The Morgan fingerprint density at radius 1 is 1.00 bits per heavy atom. The summed E-state index contributed by atoms with van der Waals surface area (Å²) in [7, 11) is -3.83. The number of carbonyl (C=O) groups is 1. The number of nitrogens with zero attached hydrogens (tertiary/aromatic N) is 3. The molecule has 168 valence electrons. The Morgan fingerprint density at radius 3 is 2.25 bits per heavy atom. The number of hydrogen-bond acceptors (Lipinski definition) is 5. The molecule has 2 aromatic carbocycles. The van der Waals surface area contributed by atoms with Crippen LogP contribution in [0.3, 0.4) is 0 Å². The van der Waals surface area contributed by atoms with Gasteiger partial charge < -0.3 is 9.80 Å². The van der Waals surface area contributed by atoms with Crippen molar-refractivity contribution in [2.24, 2.45) is 0 Å². The molecule has 2 heterocycles. The molecule has 4 rings (SSSR count). The van der Waals surface area contributed by atoms with Crippen LogP contribution in [0.5, 0.6) is 0 Å². The van der Waals surface area contributed by atoms with Crippen LogP contribution in [-0.2, 0) is 14.8 Å². The summed E-state index contributed by atoms with van der Waals surface area (Å²) in [5.74, 6) is -0.207. The number of thiophene rings is 1. The van der Waals surface area contributed by atoms with Gasteiger partial charge in [0.15, 0.2) is 0 Å². The van der Waals surface area contributed by atoms with Crippen LogP contribution in [0.25, 0.3) is 0 Å². The highest BCUT2D eigenvalue weighted by molar-refractivity contribution is 7.94. The maximum atomic E-state index is 13.3. The van der Waals surface area contributed by atoms with Gasteiger partial charge in [-0.1, -0.05) is 35.4 Å². The minimum absolute atomic E-state index is 0.207. The average molecular weight is 490 g/mol. The van der Waals surface area contributed by atoms with Crippen LogP contribution in [0.2, 0.25) is 5.02 Å². The average Bonchev–Trinajstić information content (AvgIpc) is 3.35. The van der Waals surface area contributed by atoms with Gasteiger partial charge in [-0.3, -0.25) is 9.10 Å². The summed E-state index contributed by atoms with van der Waals surface area (Å²) in [4.78, 5) is 17.1. The zero-order valence-corrected chi connectivity index (χ0v) is 20.0. The van der Waals surface area contributed by atoms with Crippen molar-refractivity contribution in [3.8, 4) is 0 Å². The van der Waals surface area contributed by atoms with Gasteiger partial charge in [-0.2, -0.15) is 0 Å². The second kappa shape index (κ2) is 9.52. The molecular formula is C23H24ClN3O3S2. The van der Waals surface area contributed by atoms with Crippen LogP contribution in [-0.4, -0.2) is 51.9 Å². The molecule has 0 N–H and O–H groups in total. The minimum atomic E-state index is -3.83. The fraction of sp³-hybridized carbons (Fsp3) is 0.261. The smallest absolute Gasteiger partial charge is 0.274 e. The molecule has 9 heteroatoms. The first-order chi connectivity index (χ1) is 15.3. The number of sulfonamides is 1. The Labute approximate surface area is 197 Å². The van der Waals surface area contributed by atoms with Crippen molar-refractivity contribution >= 4 is 50.2 Å². The Balaban J connectivity index is 1.49. The number of benzene rings is 2. The first kappa shape index (κ1) is 22.6. The van der Waals surface area contributed by atoms with Gasteiger partial charge in [0.2, 0.25) is 5.91 Å². The lowest BCUT2D eigenvalue weighted by atomic mass is 10.2. The lowest BCUT2D eigenvalue weighted by molar-refractivity contribution is -0.129. The molecule has 1 saturated heterocycles. The largest absolute Gasteiger partial charge is 0.368 e. The molecule has 1 fully saturated rings. The van der Waals surface area contributed by atoms with Gasteiger partial charge >= 0.3 is 0 Å². The van der Waals surface area contributed by atoms with Crippen molar-refractivity contribution in [3.05, 3.63) is 76.6 Å². The molecule has 1 aliphatic rings. The first-order valence-corrected chi connectivity index (χ1v) is 13.0. The lowest BCUT2D eigenvalue weighted by Crippen LogP contribution is -2.52. The summed E-state index contributed by atoms with van der Waals surface area (Å²) in [6, 6.07) is 18.1. The third kappa shape index (κ3) is 4.92. The summed E-state index contributed by atoms with van der Waals surface area (Å²) in [6.45, 7) is 4.12. The van der Waals surface area contributed by atoms with E-state index < -0.39 is 10.0 Å². The Hall–Kier alpha value is -2.55. The molecule has 1 aliphatic heterocycles. The van der Waals surface area contributed by atoms with Crippen LogP contribution in [0.4, 0.5) is 11.4 Å². The highest BCUT2D eigenvalue weighted by Crippen LogP contribution is 2.27. The topological polar surface area (TPSA) is 60.9 Å². The van der Waals surface area contributed by atoms with Crippen LogP contribution >= 0.6 is 22.9 Å². The quantitative estimate of drug-likeness (QED) is 0.519. The fourth-order valence-corrected chi connectivity index (χ4v) is 6.28. The van der Waals surface area contributed by atoms with Crippen molar-refractivity contribution in [2.45, 2.75) is 11.1 Å². The number of halogens is 1. The monoisotopic (exact) mass is 489 g/mol. The van der Waals surface area contributed by atoms with E-state index in [1.807, 2.05) is 43.3 Å². The molecule has 6 nitrogen and oxygen atoms in total. The second-order valence-corrected chi connectivity index (χ2v) is 11.1. The van der Waals surface area contributed by atoms with Crippen LogP contribution in [0, 0.1) is 6.92 Å². The maximum absolute atomic E-state index is 13.3. The zero-order valence-electron chi connectivity index (χ0n) is 17.6. The van der Waals surface area contributed by atoms with E-state index in [2.05, 4.69) is 4.90 Å². The molecule has 0 spiro atoms. The van der Waals surface area contributed by atoms with Gasteiger partial charge in [0.05, 0.1) is 5.69 Å². The van der Waals surface area contributed by atoms with E-state index in [9.17, 15) is 13.2 Å². The van der Waals surface area contributed by atoms with Crippen LogP contribution in [0.15, 0.2) is 70.3 Å². The number of amides is 1. The molecule has 0 atom stereocenters. The molecule has 1 amide bonds. The van der Waals surface area contributed by atoms with Gasteiger partial charge in [0, 0.05) is 36.9 Å². The number of aryl methyl sites for hydroxylation is 1. The summed E-state index contributed by atoms with van der Waals surface area (Å²) in [5, 5.41) is 2.41.